The molecule has 0 unspecified atom stereocenters. The summed E-state index contributed by atoms with van der Waals surface area (Å²) in [6.45, 7) is 2.01. The van der Waals surface area contributed by atoms with Crippen LogP contribution in [0.2, 0.25) is 0 Å². The third-order valence-corrected chi connectivity index (χ3v) is 5.99. The smallest absolute Gasteiger partial charge is 0.254 e. The molecular weight excluding hydrogens is 374 g/mol. The van der Waals surface area contributed by atoms with Crippen LogP contribution in [0.15, 0.2) is 78.0 Å². The molecule has 3 aromatic heterocycles. The van der Waals surface area contributed by atoms with E-state index in [1.165, 1.54) is 9.75 Å². The lowest BCUT2D eigenvalue weighted by Gasteiger charge is -2.22. The van der Waals surface area contributed by atoms with Crippen molar-refractivity contribution < 1.29 is 4.79 Å². The summed E-state index contributed by atoms with van der Waals surface area (Å²) in [6.07, 6.45) is 5.50. The molecule has 1 amide bonds. The fraction of sp³-hybridized carbons (Fsp3) is 0.143. The van der Waals surface area contributed by atoms with Gasteiger partial charge in [-0.15, -0.1) is 22.7 Å². The highest BCUT2D eigenvalue weighted by Gasteiger charge is 2.17. The first-order valence-electron chi connectivity index (χ1n) is 8.66. The van der Waals surface area contributed by atoms with E-state index in [1.54, 1.807) is 35.2 Å². The monoisotopic (exact) mass is 393 g/mol. The summed E-state index contributed by atoms with van der Waals surface area (Å²) in [4.78, 5) is 21.5. The molecule has 0 aliphatic rings. The Morgan fingerprint density at radius 2 is 1.63 bits per heavy atom. The second-order valence-electron chi connectivity index (χ2n) is 6.25. The molecule has 0 radical (unpaired) electrons. The SMILES string of the molecule is O=C(c1ccc(Cn2ccnc2)cc1)N(Cc1cccs1)Cc1cccs1. The summed E-state index contributed by atoms with van der Waals surface area (Å²) < 4.78 is 2.01. The Kier molecular flexibility index (Phi) is 5.46. The van der Waals surface area contributed by atoms with Gasteiger partial charge in [-0.1, -0.05) is 24.3 Å². The first-order valence-corrected chi connectivity index (χ1v) is 10.4. The minimum absolute atomic E-state index is 0.0611. The molecule has 6 heteroatoms. The van der Waals surface area contributed by atoms with Gasteiger partial charge in [-0.2, -0.15) is 0 Å². The van der Waals surface area contributed by atoms with E-state index in [0.29, 0.717) is 13.1 Å². The second-order valence-corrected chi connectivity index (χ2v) is 8.32. The van der Waals surface area contributed by atoms with Gasteiger partial charge >= 0.3 is 0 Å². The van der Waals surface area contributed by atoms with E-state index < -0.39 is 0 Å². The first-order chi connectivity index (χ1) is 13.3. The highest BCUT2D eigenvalue weighted by molar-refractivity contribution is 7.10. The van der Waals surface area contributed by atoms with Crippen molar-refractivity contribution in [3.8, 4) is 0 Å². The van der Waals surface area contributed by atoms with Gasteiger partial charge < -0.3 is 9.47 Å². The molecule has 136 valence electrons. The van der Waals surface area contributed by atoms with Gasteiger partial charge in [0.2, 0.25) is 0 Å². The fourth-order valence-corrected chi connectivity index (χ4v) is 4.35. The number of imidazole rings is 1. The Morgan fingerprint density at radius 3 is 2.15 bits per heavy atom. The van der Waals surface area contributed by atoms with Crippen molar-refractivity contribution in [3.63, 3.8) is 0 Å². The number of nitrogens with zero attached hydrogens (tertiary/aromatic N) is 3. The van der Waals surface area contributed by atoms with E-state index >= 15 is 0 Å². The maximum Gasteiger partial charge on any atom is 0.254 e. The highest BCUT2D eigenvalue weighted by Crippen LogP contribution is 2.20. The topological polar surface area (TPSA) is 38.1 Å². The number of benzene rings is 1. The number of carbonyl (C=O) groups is 1. The minimum atomic E-state index is 0.0611. The fourth-order valence-electron chi connectivity index (χ4n) is 2.91. The van der Waals surface area contributed by atoms with Gasteiger partial charge in [0.05, 0.1) is 19.4 Å². The lowest BCUT2D eigenvalue weighted by molar-refractivity contribution is 0.0733. The molecule has 0 spiro atoms. The molecule has 0 aliphatic heterocycles. The van der Waals surface area contributed by atoms with Gasteiger partial charge in [0, 0.05) is 34.3 Å². The van der Waals surface area contributed by atoms with Gasteiger partial charge in [0.1, 0.15) is 0 Å². The standard InChI is InChI=1S/C21H19N3OS2/c25-21(18-7-5-17(6-8-18)13-23-10-9-22-16-23)24(14-19-3-1-11-26-19)15-20-4-2-12-27-20/h1-12,16H,13-15H2. The van der Waals surface area contributed by atoms with Crippen molar-refractivity contribution in [3.05, 3.63) is 98.9 Å². The van der Waals surface area contributed by atoms with Crippen LogP contribution in [0, 0.1) is 0 Å². The molecule has 0 fully saturated rings. The summed E-state index contributed by atoms with van der Waals surface area (Å²) in [5.41, 5.74) is 1.87. The number of aromatic nitrogens is 2. The van der Waals surface area contributed by atoms with Crippen LogP contribution in [-0.4, -0.2) is 20.4 Å². The summed E-state index contributed by atoms with van der Waals surface area (Å²) in [6, 6.07) is 16.1. The summed E-state index contributed by atoms with van der Waals surface area (Å²) >= 11 is 3.36. The normalized spacial score (nSPS) is 10.8. The second kappa shape index (κ2) is 8.33. The van der Waals surface area contributed by atoms with Crippen molar-refractivity contribution >= 4 is 28.6 Å². The van der Waals surface area contributed by atoms with Gasteiger partial charge in [0.15, 0.2) is 0 Å². The van der Waals surface area contributed by atoms with Crippen molar-refractivity contribution in [2.24, 2.45) is 0 Å². The zero-order valence-corrected chi connectivity index (χ0v) is 16.3. The number of thiophene rings is 2. The van der Waals surface area contributed by atoms with Gasteiger partial charge in [-0.05, 0) is 40.6 Å². The summed E-state index contributed by atoms with van der Waals surface area (Å²) in [7, 11) is 0. The Hall–Kier alpha value is -2.70. The molecule has 0 aliphatic carbocycles. The average Bonchev–Trinajstić information content (AvgIpc) is 3.45. The van der Waals surface area contributed by atoms with Crippen molar-refractivity contribution in [2.45, 2.75) is 19.6 Å². The Morgan fingerprint density at radius 1 is 0.963 bits per heavy atom. The maximum atomic E-state index is 13.1. The number of rotatable bonds is 7. The molecule has 1 aromatic carbocycles. The Labute approximate surface area is 166 Å². The van der Waals surface area contributed by atoms with Crippen LogP contribution in [0.25, 0.3) is 0 Å². The highest BCUT2D eigenvalue weighted by atomic mass is 32.1. The van der Waals surface area contributed by atoms with Crippen LogP contribution in [0.3, 0.4) is 0 Å². The zero-order valence-electron chi connectivity index (χ0n) is 14.7. The van der Waals surface area contributed by atoms with E-state index in [-0.39, 0.29) is 5.91 Å². The van der Waals surface area contributed by atoms with Crippen LogP contribution in [0.4, 0.5) is 0 Å². The minimum Gasteiger partial charge on any atom is -0.333 e. The number of hydrogen-bond acceptors (Lipinski definition) is 4. The van der Waals surface area contributed by atoms with Crippen LogP contribution < -0.4 is 0 Å². The van der Waals surface area contributed by atoms with E-state index in [0.717, 1.165) is 17.7 Å². The molecule has 3 heterocycles. The molecule has 0 N–H and O–H groups in total. The van der Waals surface area contributed by atoms with E-state index in [2.05, 4.69) is 17.1 Å². The molecule has 4 nitrogen and oxygen atoms in total. The predicted molar refractivity (Wildman–Crippen MR) is 110 cm³/mol. The van der Waals surface area contributed by atoms with Crippen LogP contribution in [0.1, 0.15) is 25.7 Å². The third-order valence-electron chi connectivity index (χ3n) is 4.27. The van der Waals surface area contributed by atoms with E-state index in [9.17, 15) is 4.79 Å². The van der Waals surface area contributed by atoms with Crippen molar-refractivity contribution in [2.75, 3.05) is 0 Å². The van der Waals surface area contributed by atoms with Crippen LogP contribution in [-0.2, 0) is 19.6 Å². The Balaban J connectivity index is 1.51. The maximum absolute atomic E-state index is 13.1. The number of carbonyl (C=O) groups excluding carboxylic acids is 1. The lowest BCUT2D eigenvalue weighted by Crippen LogP contribution is -2.29. The van der Waals surface area contributed by atoms with E-state index in [4.69, 9.17) is 0 Å². The third kappa shape index (κ3) is 4.53. The average molecular weight is 394 g/mol. The molecule has 4 rings (SSSR count). The van der Waals surface area contributed by atoms with Crippen LogP contribution in [0.5, 0.6) is 0 Å². The van der Waals surface area contributed by atoms with E-state index in [1.807, 2.05) is 62.8 Å². The first kappa shape index (κ1) is 17.7. The molecule has 27 heavy (non-hydrogen) atoms. The van der Waals surface area contributed by atoms with Gasteiger partial charge in [0.25, 0.3) is 5.91 Å². The largest absolute Gasteiger partial charge is 0.333 e. The van der Waals surface area contributed by atoms with Gasteiger partial charge in [-0.3, -0.25) is 4.79 Å². The summed E-state index contributed by atoms with van der Waals surface area (Å²) in [5.74, 6) is 0.0611. The lowest BCUT2D eigenvalue weighted by atomic mass is 10.1. The molecule has 0 saturated heterocycles. The molecule has 4 aromatic rings. The number of amides is 1. The predicted octanol–water partition coefficient (Wildman–Crippen LogP) is 4.90. The number of hydrogen-bond donors (Lipinski definition) is 0. The van der Waals surface area contributed by atoms with Crippen molar-refractivity contribution in [1.29, 1.82) is 0 Å². The van der Waals surface area contributed by atoms with Gasteiger partial charge in [-0.25, -0.2) is 4.98 Å². The molecule has 0 bridgehead atoms. The quantitative estimate of drug-likeness (QED) is 0.448. The molecule has 0 saturated carbocycles. The van der Waals surface area contributed by atoms with Crippen molar-refractivity contribution in [1.82, 2.24) is 14.5 Å². The Bertz CT molecular complexity index is 923. The van der Waals surface area contributed by atoms with Crippen LogP contribution >= 0.6 is 22.7 Å². The summed E-state index contributed by atoms with van der Waals surface area (Å²) in [5, 5.41) is 4.10. The molecular formula is C21H19N3OS2. The zero-order chi connectivity index (χ0) is 18.5. The molecule has 0 atom stereocenters.